The van der Waals surface area contributed by atoms with Gasteiger partial charge in [0.1, 0.15) is 0 Å². The lowest BCUT2D eigenvalue weighted by molar-refractivity contribution is 0.734. The first-order chi connectivity index (χ1) is 7.66. The molecule has 0 saturated heterocycles. The Morgan fingerprint density at radius 1 is 1.31 bits per heavy atom. The van der Waals surface area contributed by atoms with Crippen LogP contribution in [-0.4, -0.2) is 4.98 Å². The zero-order chi connectivity index (χ0) is 11.5. The monoisotopic (exact) mass is 232 g/mol. The van der Waals surface area contributed by atoms with Crippen molar-refractivity contribution in [3.63, 3.8) is 0 Å². The van der Waals surface area contributed by atoms with E-state index in [4.69, 9.17) is 5.73 Å². The van der Waals surface area contributed by atoms with Crippen molar-refractivity contribution in [1.82, 2.24) is 4.98 Å². The molecule has 84 valence electrons. The third kappa shape index (κ3) is 2.49. The molecule has 1 aromatic heterocycles. The lowest BCUT2D eigenvalue weighted by Gasteiger charge is -2.10. The van der Waals surface area contributed by atoms with E-state index in [1.165, 1.54) is 16.7 Å². The van der Waals surface area contributed by atoms with Crippen molar-refractivity contribution in [1.29, 1.82) is 0 Å². The highest BCUT2D eigenvalue weighted by molar-refractivity contribution is 7.09. The van der Waals surface area contributed by atoms with Gasteiger partial charge in [-0.05, 0) is 37.0 Å². The zero-order valence-electron chi connectivity index (χ0n) is 9.60. The number of hydrogen-bond acceptors (Lipinski definition) is 3. The summed E-state index contributed by atoms with van der Waals surface area (Å²) in [6.45, 7) is 4.26. The third-order valence-corrected chi connectivity index (χ3v) is 3.75. The van der Waals surface area contributed by atoms with Crippen LogP contribution in [0.2, 0.25) is 0 Å². The fraction of sp³-hybridized carbons (Fsp3) is 0.308. The lowest BCUT2D eigenvalue weighted by atomic mass is 10.0. The van der Waals surface area contributed by atoms with Crippen LogP contribution in [0.5, 0.6) is 0 Å². The number of nitrogens with two attached hydrogens (primary N) is 1. The Morgan fingerprint density at radius 3 is 2.75 bits per heavy atom. The molecular weight excluding hydrogens is 216 g/mol. The first-order valence-corrected chi connectivity index (χ1v) is 6.25. The predicted octanol–water partition coefficient (Wildman–Crippen LogP) is 3.00. The second-order valence-electron chi connectivity index (χ2n) is 4.13. The molecule has 0 aliphatic rings. The second-order valence-corrected chi connectivity index (χ2v) is 5.05. The topological polar surface area (TPSA) is 38.9 Å². The van der Waals surface area contributed by atoms with Crippen LogP contribution < -0.4 is 5.73 Å². The van der Waals surface area contributed by atoms with Crippen molar-refractivity contribution < 1.29 is 0 Å². The van der Waals surface area contributed by atoms with Crippen LogP contribution in [0.4, 0.5) is 0 Å². The van der Waals surface area contributed by atoms with Crippen LogP contribution in [-0.2, 0) is 6.42 Å². The summed E-state index contributed by atoms with van der Waals surface area (Å²) in [6.07, 6.45) is 2.74. The molecule has 2 rings (SSSR count). The summed E-state index contributed by atoms with van der Waals surface area (Å²) in [5.41, 5.74) is 11.9. The van der Waals surface area contributed by atoms with Crippen LogP contribution in [0.25, 0.3) is 0 Å². The van der Waals surface area contributed by atoms with Crippen LogP contribution in [0.15, 0.2) is 29.9 Å². The average molecular weight is 232 g/mol. The maximum absolute atomic E-state index is 6.13. The number of hydrogen-bond donors (Lipinski definition) is 1. The number of aryl methyl sites for hydroxylation is 2. The third-order valence-electron chi connectivity index (χ3n) is 2.84. The van der Waals surface area contributed by atoms with Gasteiger partial charge in [0.2, 0.25) is 0 Å². The van der Waals surface area contributed by atoms with Gasteiger partial charge in [-0.3, -0.25) is 4.98 Å². The normalized spacial score (nSPS) is 12.7. The van der Waals surface area contributed by atoms with E-state index in [-0.39, 0.29) is 6.04 Å². The molecule has 0 saturated carbocycles. The second kappa shape index (κ2) is 4.76. The lowest BCUT2D eigenvalue weighted by Crippen LogP contribution is -2.11. The average Bonchev–Trinajstić information content (AvgIpc) is 2.77. The van der Waals surface area contributed by atoms with Gasteiger partial charge >= 0.3 is 0 Å². The van der Waals surface area contributed by atoms with Crippen molar-refractivity contribution in [2.24, 2.45) is 5.73 Å². The molecule has 0 aliphatic heterocycles. The molecule has 0 aliphatic carbocycles. The summed E-state index contributed by atoms with van der Waals surface area (Å²) in [5, 5.41) is 0. The minimum absolute atomic E-state index is 0.0645. The minimum atomic E-state index is 0.0645. The first-order valence-electron chi connectivity index (χ1n) is 5.37. The first kappa shape index (κ1) is 11.3. The van der Waals surface area contributed by atoms with Gasteiger partial charge in [-0.25, -0.2) is 0 Å². The summed E-state index contributed by atoms with van der Waals surface area (Å²) < 4.78 is 0. The molecule has 1 aromatic carbocycles. The fourth-order valence-corrected chi connectivity index (χ4v) is 2.32. The van der Waals surface area contributed by atoms with Gasteiger partial charge in [-0.2, -0.15) is 0 Å². The summed E-state index contributed by atoms with van der Waals surface area (Å²) in [7, 11) is 0. The Morgan fingerprint density at radius 2 is 2.12 bits per heavy atom. The van der Waals surface area contributed by atoms with Gasteiger partial charge in [0, 0.05) is 17.1 Å². The number of aromatic nitrogens is 1. The molecule has 1 heterocycles. The molecule has 1 unspecified atom stereocenters. The van der Waals surface area contributed by atoms with Gasteiger partial charge in [0.15, 0.2) is 0 Å². The molecule has 0 spiro atoms. The zero-order valence-corrected chi connectivity index (χ0v) is 10.4. The number of nitrogens with zero attached hydrogens (tertiary/aromatic N) is 1. The van der Waals surface area contributed by atoms with Gasteiger partial charge < -0.3 is 5.73 Å². The fourth-order valence-electron chi connectivity index (χ4n) is 1.69. The Balaban J connectivity index is 2.12. The number of thiazole rings is 1. The molecule has 2 nitrogen and oxygen atoms in total. The number of benzene rings is 1. The van der Waals surface area contributed by atoms with E-state index >= 15 is 0 Å². The maximum atomic E-state index is 6.13. The minimum Gasteiger partial charge on any atom is -0.323 e. The maximum Gasteiger partial charge on any atom is 0.0794 e. The molecule has 2 N–H and O–H groups in total. The highest BCUT2D eigenvalue weighted by Gasteiger charge is 2.08. The van der Waals surface area contributed by atoms with E-state index in [0.29, 0.717) is 0 Å². The molecule has 16 heavy (non-hydrogen) atoms. The van der Waals surface area contributed by atoms with Crippen molar-refractivity contribution in [3.05, 3.63) is 51.5 Å². The van der Waals surface area contributed by atoms with Crippen molar-refractivity contribution in [3.8, 4) is 0 Å². The van der Waals surface area contributed by atoms with Crippen LogP contribution in [0, 0.1) is 13.8 Å². The molecule has 1 atom stereocenters. The molecule has 0 bridgehead atoms. The van der Waals surface area contributed by atoms with Crippen molar-refractivity contribution in [2.75, 3.05) is 0 Å². The van der Waals surface area contributed by atoms with Crippen molar-refractivity contribution in [2.45, 2.75) is 26.3 Å². The van der Waals surface area contributed by atoms with Crippen LogP contribution >= 0.6 is 11.3 Å². The smallest absolute Gasteiger partial charge is 0.0794 e. The van der Waals surface area contributed by atoms with E-state index in [0.717, 1.165) is 11.3 Å². The predicted molar refractivity (Wildman–Crippen MR) is 68.7 cm³/mol. The van der Waals surface area contributed by atoms with Gasteiger partial charge in [-0.15, -0.1) is 11.3 Å². The van der Waals surface area contributed by atoms with E-state index in [9.17, 15) is 0 Å². The molecule has 0 fully saturated rings. The van der Waals surface area contributed by atoms with Crippen LogP contribution in [0.3, 0.4) is 0 Å². The van der Waals surface area contributed by atoms with E-state index in [1.807, 2.05) is 11.7 Å². The van der Waals surface area contributed by atoms with E-state index in [2.05, 4.69) is 37.0 Å². The standard InChI is InChI=1S/C13H16N2S/c1-9-3-4-11(5-10(9)2)6-12(14)13-7-15-8-16-13/h3-5,7-8,12H,6,14H2,1-2H3. The Hall–Kier alpha value is -1.19. The van der Waals surface area contributed by atoms with Crippen molar-refractivity contribution >= 4 is 11.3 Å². The molecule has 0 radical (unpaired) electrons. The highest BCUT2D eigenvalue weighted by atomic mass is 32.1. The molecule has 3 heteroatoms. The quantitative estimate of drug-likeness (QED) is 0.883. The number of rotatable bonds is 3. The van der Waals surface area contributed by atoms with Gasteiger partial charge in [0.25, 0.3) is 0 Å². The summed E-state index contributed by atoms with van der Waals surface area (Å²) in [4.78, 5) is 5.21. The van der Waals surface area contributed by atoms with E-state index in [1.54, 1.807) is 11.3 Å². The van der Waals surface area contributed by atoms with E-state index < -0.39 is 0 Å². The molecular formula is C13H16N2S. The summed E-state index contributed by atoms with van der Waals surface area (Å²) in [6, 6.07) is 6.60. The Bertz CT molecular complexity index is 463. The largest absolute Gasteiger partial charge is 0.323 e. The SMILES string of the molecule is Cc1ccc(CC(N)c2cncs2)cc1C. The molecule has 2 aromatic rings. The Kier molecular flexibility index (Phi) is 3.36. The Labute approximate surface area is 100 Å². The molecule has 0 amide bonds. The van der Waals surface area contributed by atoms with Gasteiger partial charge in [-0.1, -0.05) is 18.2 Å². The van der Waals surface area contributed by atoms with Gasteiger partial charge in [0.05, 0.1) is 5.51 Å². The van der Waals surface area contributed by atoms with Crippen LogP contribution in [0.1, 0.15) is 27.6 Å². The summed E-state index contributed by atoms with van der Waals surface area (Å²) in [5.74, 6) is 0. The highest BCUT2D eigenvalue weighted by Crippen LogP contribution is 2.20. The summed E-state index contributed by atoms with van der Waals surface area (Å²) >= 11 is 1.62.